The second-order valence-corrected chi connectivity index (χ2v) is 6.39. The zero-order valence-electron chi connectivity index (χ0n) is 14.3. The first kappa shape index (κ1) is 17.3. The molecule has 0 saturated carbocycles. The minimum atomic E-state index is 0.661. The molecular weight excluding hydrogens is 336 g/mol. The number of pyridine rings is 1. The summed E-state index contributed by atoms with van der Waals surface area (Å²) in [6.45, 7) is 0.661. The Morgan fingerprint density at radius 2 is 1.72 bits per heavy atom. The summed E-state index contributed by atoms with van der Waals surface area (Å²) in [6.07, 6.45) is 4.44. The summed E-state index contributed by atoms with van der Waals surface area (Å²) in [6, 6.07) is 11.5. The molecule has 0 saturated heterocycles. The molecule has 3 aromatic rings. The normalized spacial score (nSPS) is 10.6. The van der Waals surface area contributed by atoms with Gasteiger partial charge >= 0.3 is 0 Å². The minimum absolute atomic E-state index is 0.661. The van der Waals surface area contributed by atoms with Crippen molar-refractivity contribution in [3.63, 3.8) is 0 Å². The first-order chi connectivity index (χ1) is 12.3. The van der Waals surface area contributed by atoms with Gasteiger partial charge in [0.2, 0.25) is 0 Å². The van der Waals surface area contributed by atoms with Gasteiger partial charge in [0.15, 0.2) is 11.0 Å². The van der Waals surface area contributed by atoms with E-state index in [1.807, 2.05) is 48.0 Å². The largest absolute Gasteiger partial charge is 0.497 e. The van der Waals surface area contributed by atoms with Crippen LogP contribution in [0.3, 0.4) is 0 Å². The van der Waals surface area contributed by atoms with Crippen LogP contribution in [0.5, 0.6) is 11.5 Å². The van der Waals surface area contributed by atoms with Gasteiger partial charge in [-0.25, -0.2) is 0 Å². The molecule has 0 atom stereocenters. The van der Waals surface area contributed by atoms with Gasteiger partial charge < -0.3 is 14.0 Å². The lowest BCUT2D eigenvalue weighted by Crippen LogP contribution is -2.00. The van der Waals surface area contributed by atoms with E-state index in [2.05, 4.69) is 15.2 Å². The molecule has 0 amide bonds. The van der Waals surface area contributed by atoms with Crippen LogP contribution < -0.4 is 9.47 Å². The molecule has 0 unspecified atom stereocenters. The summed E-state index contributed by atoms with van der Waals surface area (Å²) in [5.74, 6) is 3.44. The summed E-state index contributed by atoms with van der Waals surface area (Å²) in [4.78, 5) is 4.03. The van der Waals surface area contributed by atoms with Crippen LogP contribution in [-0.2, 0) is 7.05 Å². The van der Waals surface area contributed by atoms with Crippen LogP contribution >= 0.6 is 11.8 Å². The van der Waals surface area contributed by atoms with E-state index in [1.54, 1.807) is 31.3 Å². The average molecular weight is 356 g/mol. The van der Waals surface area contributed by atoms with Crippen LogP contribution in [0, 0.1) is 0 Å². The molecule has 0 N–H and O–H groups in total. The molecule has 0 aliphatic carbocycles. The third-order valence-electron chi connectivity index (χ3n) is 3.62. The number of hydrogen-bond donors (Lipinski definition) is 0. The van der Waals surface area contributed by atoms with Crippen molar-refractivity contribution >= 4 is 11.8 Å². The molecule has 0 aliphatic heterocycles. The van der Waals surface area contributed by atoms with Crippen LogP contribution in [0.2, 0.25) is 0 Å². The maximum atomic E-state index is 5.73. The fraction of sp³-hybridized carbons (Fsp3) is 0.278. The van der Waals surface area contributed by atoms with Gasteiger partial charge in [0.25, 0.3) is 0 Å². The van der Waals surface area contributed by atoms with Crippen LogP contribution in [0.4, 0.5) is 0 Å². The van der Waals surface area contributed by atoms with Crippen molar-refractivity contribution < 1.29 is 9.47 Å². The zero-order chi connectivity index (χ0) is 17.5. The molecule has 0 aliphatic rings. The van der Waals surface area contributed by atoms with Gasteiger partial charge in [-0.1, -0.05) is 11.8 Å². The quantitative estimate of drug-likeness (QED) is 0.455. The van der Waals surface area contributed by atoms with Crippen LogP contribution in [-0.4, -0.2) is 39.2 Å². The summed E-state index contributed by atoms with van der Waals surface area (Å²) < 4.78 is 12.9. The molecule has 2 aromatic heterocycles. The smallest absolute Gasteiger partial charge is 0.191 e. The van der Waals surface area contributed by atoms with E-state index in [4.69, 9.17) is 9.47 Å². The van der Waals surface area contributed by atoms with Gasteiger partial charge in [-0.05, 0) is 42.8 Å². The number of aromatic nitrogens is 4. The maximum absolute atomic E-state index is 5.73. The van der Waals surface area contributed by atoms with Crippen molar-refractivity contribution in [3.05, 3.63) is 48.8 Å². The second-order valence-electron chi connectivity index (χ2n) is 5.33. The van der Waals surface area contributed by atoms with E-state index < -0.39 is 0 Å². The highest BCUT2D eigenvalue weighted by atomic mass is 32.2. The maximum Gasteiger partial charge on any atom is 0.191 e. The Hall–Kier alpha value is -2.54. The molecule has 3 rings (SSSR count). The Morgan fingerprint density at radius 1 is 1.00 bits per heavy atom. The average Bonchev–Trinajstić information content (AvgIpc) is 3.03. The molecular formula is C18H20N4O2S. The van der Waals surface area contributed by atoms with E-state index in [0.717, 1.165) is 40.2 Å². The molecule has 130 valence electrons. The van der Waals surface area contributed by atoms with Crippen LogP contribution in [0.15, 0.2) is 53.9 Å². The molecule has 1 aromatic carbocycles. The van der Waals surface area contributed by atoms with Crippen molar-refractivity contribution in [3.8, 4) is 22.9 Å². The Kier molecular flexibility index (Phi) is 5.90. The zero-order valence-corrected chi connectivity index (χ0v) is 15.1. The summed E-state index contributed by atoms with van der Waals surface area (Å²) >= 11 is 1.68. The van der Waals surface area contributed by atoms with Gasteiger partial charge in [0, 0.05) is 30.8 Å². The predicted molar refractivity (Wildman–Crippen MR) is 98.1 cm³/mol. The first-order valence-electron chi connectivity index (χ1n) is 7.97. The number of rotatable bonds is 8. The van der Waals surface area contributed by atoms with Gasteiger partial charge in [0.1, 0.15) is 11.5 Å². The van der Waals surface area contributed by atoms with Gasteiger partial charge in [-0.3, -0.25) is 4.98 Å². The van der Waals surface area contributed by atoms with E-state index in [0.29, 0.717) is 6.61 Å². The van der Waals surface area contributed by atoms with Crippen LogP contribution in [0.25, 0.3) is 11.4 Å². The number of nitrogens with zero attached hydrogens (tertiary/aromatic N) is 4. The van der Waals surface area contributed by atoms with Crippen LogP contribution in [0.1, 0.15) is 6.42 Å². The molecule has 6 nitrogen and oxygen atoms in total. The van der Waals surface area contributed by atoms with Crippen molar-refractivity contribution in [2.45, 2.75) is 11.6 Å². The Balaban J connectivity index is 1.45. The third kappa shape index (κ3) is 4.51. The Bertz CT molecular complexity index is 791. The van der Waals surface area contributed by atoms with Gasteiger partial charge in [-0.15, -0.1) is 10.2 Å². The number of ether oxygens (including phenoxy) is 2. The summed E-state index contributed by atoms with van der Waals surface area (Å²) in [5.41, 5.74) is 1.01. The lowest BCUT2D eigenvalue weighted by molar-refractivity contribution is 0.318. The molecule has 0 spiro atoms. The number of thioether (sulfide) groups is 1. The van der Waals surface area contributed by atoms with Crippen molar-refractivity contribution in [1.82, 2.24) is 19.7 Å². The standard InChI is InChI=1S/C18H20N4O2S/c1-22-17(14-8-10-19-11-9-14)20-21-18(22)25-13-3-12-24-16-6-4-15(23-2)5-7-16/h4-11H,3,12-13H2,1-2H3. The lowest BCUT2D eigenvalue weighted by atomic mass is 10.2. The molecule has 25 heavy (non-hydrogen) atoms. The monoisotopic (exact) mass is 356 g/mol. The number of benzene rings is 1. The van der Waals surface area contributed by atoms with Crippen molar-refractivity contribution in [2.24, 2.45) is 7.05 Å². The molecule has 0 radical (unpaired) electrons. The van der Waals surface area contributed by atoms with E-state index in [1.165, 1.54) is 0 Å². The topological polar surface area (TPSA) is 62.1 Å². The van der Waals surface area contributed by atoms with E-state index >= 15 is 0 Å². The fourth-order valence-electron chi connectivity index (χ4n) is 2.28. The van der Waals surface area contributed by atoms with Gasteiger partial charge in [-0.2, -0.15) is 0 Å². The lowest BCUT2D eigenvalue weighted by Gasteiger charge is -2.07. The number of hydrogen-bond acceptors (Lipinski definition) is 6. The summed E-state index contributed by atoms with van der Waals surface area (Å²) in [7, 11) is 3.63. The highest BCUT2D eigenvalue weighted by Crippen LogP contribution is 2.23. The summed E-state index contributed by atoms with van der Waals surface area (Å²) in [5, 5.41) is 9.44. The highest BCUT2D eigenvalue weighted by molar-refractivity contribution is 7.99. The molecule has 0 bridgehead atoms. The minimum Gasteiger partial charge on any atom is -0.497 e. The SMILES string of the molecule is COc1ccc(OCCCSc2nnc(-c3ccncc3)n2C)cc1. The number of methoxy groups -OCH3 is 1. The van der Waals surface area contributed by atoms with Crippen molar-refractivity contribution in [2.75, 3.05) is 19.5 Å². The first-order valence-corrected chi connectivity index (χ1v) is 8.96. The van der Waals surface area contributed by atoms with E-state index in [-0.39, 0.29) is 0 Å². The second kappa shape index (κ2) is 8.53. The van der Waals surface area contributed by atoms with Gasteiger partial charge in [0.05, 0.1) is 13.7 Å². The van der Waals surface area contributed by atoms with E-state index in [9.17, 15) is 0 Å². The van der Waals surface area contributed by atoms with Crippen molar-refractivity contribution in [1.29, 1.82) is 0 Å². The third-order valence-corrected chi connectivity index (χ3v) is 4.73. The molecule has 2 heterocycles. The highest BCUT2D eigenvalue weighted by Gasteiger charge is 2.10. The Morgan fingerprint density at radius 3 is 2.44 bits per heavy atom. The predicted octanol–water partition coefficient (Wildman–Crippen LogP) is 3.45. The fourth-order valence-corrected chi connectivity index (χ4v) is 3.10. The molecule has 0 fully saturated rings. The molecule has 7 heteroatoms. The Labute approximate surface area is 151 Å².